The average molecular weight is 741 g/mol. The Morgan fingerprint density at radius 1 is 0.962 bits per heavy atom. The van der Waals surface area contributed by atoms with E-state index in [0.29, 0.717) is 25.8 Å². The van der Waals surface area contributed by atoms with Gasteiger partial charge in [0.25, 0.3) is 0 Å². The third-order valence-corrected chi connectivity index (χ3v) is 9.81. The Kier molecular flexibility index (Phi) is 13.4. The number of carbonyl (C=O) groups is 3. The summed E-state index contributed by atoms with van der Waals surface area (Å²) in [7, 11) is -2.70. The molecule has 1 heterocycles. The molecule has 0 radical (unpaired) electrons. The predicted molar refractivity (Wildman–Crippen MR) is 204 cm³/mol. The van der Waals surface area contributed by atoms with Crippen LogP contribution in [0.2, 0.25) is 0 Å². The lowest BCUT2D eigenvalue weighted by Crippen LogP contribution is -2.38. The van der Waals surface area contributed by atoms with Crippen LogP contribution in [0, 0.1) is 11.3 Å². The second-order valence-electron chi connectivity index (χ2n) is 13.7. The molecule has 3 N–H and O–H groups in total. The minimum Gasteiger partial charge on any atom is -0.436 e. The molecule has 2 aliphatic rings. The first-order chi connectivity index (χ1) is 25.6. The number of benzene rings is 3. The number of amides is 2. The highest BCUT2D eigenvalue weighted by Crippen LogP contribution is 2.45. The lowest BCUT2D eigenvalue weighted by atomic mass is 9.98. The van der Waals surface area contributed by atoms with Gasteiger partial charge in [-0.25, -0.2) is 4.79 Å². The smallest absolute Gasteiger partial charge is 0.436 e. The van der Waals surface area contributed by atoms with Gasteiger partial charge in [-0.2, -0.15) is 0 Å². The number of nitrogens with one attached hydrogen (secondary N) is 3. The van der Waals surface area contributed by atoms with Crippen LogP contribution in [0.5, 0.6) is 0 Å². The summed E-state index contributed by atoms with van der Waals surface area (Å²) in [4.78, 5) is 42.2. The molecule has 0 saturated heterocycles. The normalized spacial score (nSPS) is 16.5. The van der Waals surface area contributed by atoms with Gasteiger partial charge in [0.15, 0.2) is 6.10 Å². The van der Waals surface area contributed by atoms with Crippen molar-refractivity contribution < 1.29 is 37.5 Å². The molecule has 3 atom stereocenters. The van der Waals surface area contributed by atoms with Gasteiger partial charge in [-0.3, -0.25) is 9.59 Å². The minimum absolute atomic E-state index is 0.0879. The van der Waals surface area contributed by atoms with Crippen LogP contribution in [0.3, 0.4) is 0 Å². The number of hydrogen-bond donors (Lipinski definition) is 3. The Hall–Kier alpha value is -5.09. The van der Waals surface area contributed by atoms with E-state index in [0.717, 1.165) is 50.7 Å². The Morgan fingerprint density at radius 3 is 2.32 bits per heavy atom. The lowest BCUT2D eigenvalue weighted by molar-refractivity contribution is -0.159. The third-order valence-electron chi connectivity index (χ3n) is 9.13. The summed E-state index contributed by atoms with van der Waals surface area (Å²) in [6.45, 7) is 10.8. The van der Waals surface area contributed by atoms with E-state index in [2.05, 4.69) is 34.8 Å². The molecule has 1 fully saturated rings. The lowest BCUT2D eigenvalue weighted by Gasteiger charge is -2.20. The van der Waals surface area contributed by atoms with Crippen molar-refractivity contribution in [3.63, 3.8) is 0 Å². The molecule has 4 aromatic rings. The highest BCUT2D eigenvalue weighted by Gasteiger charge is 2.34. The van der Waals surface area contributed by atoms with Gasteiger partial charge in [-0.1, -0.05) is 82.9 Å². The maximum atomic E-state index is 13.5. The molecular weight excluding hydrogens is 693 g/mol. The number of rotatable bonds is 13. The fourth-order valence-corrected chi connectivity index (χ4v) is 7.08. The predicted octanol–water partition coefficient (Wildman–Crippen LogP) is 8.46. The summed E-state index contributed by atoms with van der Waals surface area (Å²) in [5.41, 5.74) is 6.03. The first-order valence-corrected chi connectivity index (χ1v) is 18.8. The van der Waals surface area contributed by atoms with E-state index in [-0.39, 0.29) is 18.4 Å². The Morgan fingerprint density at radius 2 is 1.62 bits per heavy atom. The summed E-state index contributed by atoms with van der Waals surface area (Å²) in [5.74, 6) is -0.987. The summed E-state index contributed by atoms with van der Waals surface area (Å²) >= 11 is 0. The van der Waals surface area contributed by atoms with Gasteiger partial charge in [0.2, 0.25) is 12.7 Å². The first kappa shape index (κ1) is 39.1. The molecule has 11 nitrogen and oxygen atoms in total. The highest BCUT2D eigenvalue weighted by molar-refractivity contribution is 7.33. The van der Waals surface area contributed by atoms with Crippen molar-refractivity contribution >= 4 is 37.1 Å². The third kappa shape index (κ3) is 9.87. The van der Waals surface area contributed by atoms with Crippen LogP contribution in [0.15, 0.2) is 104 Å². The monoisotopic (exact) mass is 740 g/mol. The van der Waals surface area contributed by atoms with Gasteiger partial charge in [-0.05, 0) is 69.2 Å². The van der Waals surface area contributed by atoms with Gasteiger partial charge >= 0.3 is 20.3 Å². The topological polar surface area (TPSA) is 145 Å². The largest absolute Gasteiger partial charge is 0.701 e. The Labute approximate surface area is 311 Å². The van der Waals surface area contributed by atoms with E-state index in [1.165, 1.54) is 0 Å². The molecule has 12 heteroatoms. The second kappa shape index (κ2) is 18.1. The highest BCUT2D eigenvalue weighted by atomic mass is 31.1. The van der Waals surface area contributed by atoms with Gasteiger partial charge in [0.1, 0.15) is 6.61 Å². The van der Waals surface area contributed by atoms with Gasteiger partial charge < -0.3 is 25.1 Å². The van der Waals surface area contributed by atoms with Crippen LogP contribution < -0.4 is 10.6 Å². The second-order valence-corrected chi connectivity index (χ2v) is 14.7. The van der Waals surface area contributed by atoms with Crippen LogP contribution in [0.1, 0.15) is 62.8 Å². The number of aromatic nitrogens is 1. The van der Waals surface area contributed by atoms with E-state index < -0.39 is 44.7 Å². The number of aromatic amines is 1. The molecular formula is C41H47N3O8P+. The van der Waals surface area contributed by atoms with E-state index in [1.807, 2.05) is 72.9 Å². The molecule has 1 saturated carbocycles. The SMILES string of the molecule is C=C.CC(C)(C)C(=O)OCO[P+](=O)OC[C@@H](/C=C1/CCC[C@H]1C(=O)NCCc1c[nH]c2ccccc12)NC(=O)OC1c2ccccc2-c2ccccc21. The van der Waals surface area contributed by atoms with Gasteiger partial charge in [0, 0.05) is 39.3 Å². The molecule has 2 amide bonds. The molecule has 6 rings (SSSR count). The standard InChI is InChI=1S/C39H42N3O8P.C2H4/c1-39(2,3)37(44)47-24-49-51(46)48-23-27(42-38(45)50-35-32-15-6-4-13-30(32)31-14-5-7-16-33(31)35)21-25-11-10-17-29(25)36(43)40-20-19-26-22-41-34-18-9-8-12-28(26)34;1-2/h4-9,12-16,18,21-22,27,29,35,41H,10-11,17,19-20,23-24H2,1-3H3,(H-,40,42,43,45);1-2H2/p+1/b25-21-;/t27-,29-;/m1./s1. The number of fused-ring (bicyclic) bond motifs is 4. The van der Waals surface area contributed by atoms with Crippen molar-refractivity contribution in [3.8, 4) is 11.1 Å². The molecule has 0 aliphatic heterocycles. The van der Waals surface area contributed by atoms with Gasteiger partial charge in [0.05, 0.1) is 17.4 Å². The Balaban J connectivity index is 0.00000266. The fourth-order valence-electron chi connectivity index (χ4n) is 6.59. The van der Waals surface area contributed by atoms with Crippen molar-refractivity contribution in [2.75, 3.05) is 19.9 Å². The van der Waals surface area contributed by atoms with Crippen LogP contribution in [-0.2, 0) is 39.1 Å². The molecule has 2 aliphatic carbocycles. The zero-order chi connectivity index (χ0) is 38.0. The first-order valence-electron chi connectivity index (χ1n) is 17.7. The van der Waals surface area contributed by atoms with Crippen LogP contribution >= 0.6 is 8.25 Å². The van der Waals surface area contributed by atoms with E-state index in [1.54, 1.807) is 26.8 Å². The summed E-state index contributed by atoms with van der Waals surface area (Å²) < 4.78 is 34.2. The van der Waals surface area contributed by atoms with E-state index in [9.17, 15) is 18.9 Å². The fraction of sp³-hybridized carbons (Fsp3) is 0.341. The number of para-hydroxylation sites is 1. The number of H-pyrrole nitrogens is 1. The molecule has 3 aromatic carbocycles. The molecule has 0 spiro atoms. The van der Waals surface area contributed by atoms with Crippen molar-refractivity contribution in [1.29, 1.82) is 0 Å². The number of ether oxygens (including phenoxy) is 2. The quantitative estimate of drug-likeness (QED) is 0.0536. The molecule has 1 aromatic heterocycles. The average Bonchev–Trinajstić information content (AvgIpc) is 3.88. The van der Waals surface area contributed by atoms with E-state index >= 15 is 0 Å². The van der Waals surface area contributed by atoms with Crippen LogP contribution in [0.4, 0.5) is 4.79 Å². The zero-order valence-electron chi connectivity index (χ0n) is 30.4. The maximum absolute atomic E-state index is 13.5. The minimum atomic E-state index is -2.70. The van der Waals surface area contributed by atoms with E-state index in [4.69, 9.17) is 18.5 Å². The van der Waals surface area contributed by atoms with Crippen molar-refractivity contribution in [3.05, 3.63) is 120 Å². The number of hydrogen-bond acceptors (Lipinski definition) is 8. The number of carbonyl (C=O) groups excluding carboxylic acids is 3. The van der Waals surface area contributed by atoms with Crippen LogP contribution in [-0.4, -0.2) is 48.9 Å². The molecule has 0 bridgehead atoms. The van der Waals surface area contributed by atoms with Crippen molar-refractivity contribution in [1.82, 2.24) is 15.6 Å². The molecule has 1 unspecified atom stereocenters. The summed E-state index contributed by atoms with van der Waals surface area (Å²) in [6, 6.07) is 22.8. The van der Waals surface area contributed by atoms with Crippen molar-refractivity contribution in [2.45, 2.75) is 58.6 Å². The maximum Gasteiger partial charge on any atom is 0.701 e. The molecule has 278 valence electrons. The summed E-state index contributed by atoms with van der Waals surface area (Å²) in [6.07, 6.45) is 5.23. The van der Waals surface area contributed by atoms with Crippen molar-refractivity contribution in [2.24, 2.45) is 11.3 Å². The summed E-state index contributed by atoms with van der Waals surface area (Å²) in [5, 5.41) is 7.07. The number of esters is 1. The van der Waals surface area contributed by atoms with Crippen LogP contribution in [0.25, 0.3) is 22.0 Å². The zero-order valence-corrected chi connectivity index (χ0v) is 31.3. The van der Waals surface area contributed by atoms with Gasteiger partial charge in [-0.15, -0.1) is 17.7 Å². The molecule has 53 heavy (non-hydrogen) atoms. The number of alkyl carbamates (subject to hydrolysis) is 1. The Bertz CT molecular complexity index is 1920.